The van der Waals surface area contributed by atoms with Gasteiger partial charge in [-0.1, -0.05) is 31.5 Å². The lowest BCUT2D eigenvalue weighted by Crippen LogP contribution is -2.18. The van der Waals surface area contributed by atoms with Crippen LogP contribution in [0.25, 0.3) is 10.1 Å². The van der Waals surface area contributed by atoms with Gasteiger partial charge in [0, 0.05) is 17.3 Å². The fraction of sp³-hybridized carbons (Fsp3) is 0.400. The Morgan fingerprint density at radius 1 is 1.47 bits per heavy atom. The SMILES string of the molecule is CCC1CC1NCc1c(C(=O)O)sc2ccccc12. The van der Waals surface area contributed by atoms with Gasteiger partial charge in [0.25, 0.3) is 0 Å². The Balaban J connectivity index is 1.87. The van der Waals surface area contributed by atoms with E-state index in [-0.39, 0.29) is 0 Å². The van der Waals surface area contributed by atoms with E-state index in [0.717, 1.165) is 21.6 Å². The summed E-state index contributed by atoms with van der Waals surface area (Å²) in [4.78, 5) is 11.8. The molecule has 1 fully saturated rings. The molecular weight excluding hydrogens is 258 g/mol. The van der Waals surface area contributed by atoms with E-state index in [0.29, 0.717) is 17.5 Å². The van der Waals surface area contributed by atoms with Crippen molar-refractivity contribution in [3.63, 3.8) is 0 Å². The van der Waals surface area contributed by atoms with Crippen molar-refractivity contribution in [1.29, 1.82) is 0 Å². The van der Waals surface area contributed by atoms with E-state index >= 15 is 0 Å². The third-order valence-electron chi connectivity index (χ3n) is 3.88. The van der Waals surface area contributed by atoms with E-state index in [4.69, 9.17) is 0 Å². The summed E-state index contributed by atoms with van der Waals surface area (Å²) in [7, 11) is 0. The van der Waals surface area contributed by atoms with Gasteiger partial charge in [0.1, 0.15) is 4.88 Å². The first-order valence-corrected chi connectivity index (χ1v) is 7.49. The fourth-order valence-corrected chi connectivity index (χ4v) is 3.69. The summed E-state index contributed by atoms with van der Waals surface area (Å²) < 4.78 is 1.06. The molecule has 0 saturated heterocycles. The molecule has 0 bridgehead atoms. The minimum absolute atomic E-state index is 0.474. The van der Waals surface area contributed by atoms with Gasteiger partial charge in [0.15, 0.2) is 0 Å². The first-order valence-electron chi connectivity index (χ1n) is 6.67. The van der Waals surface area contributed by atoms with Crippen LogP contribution in [0.5, 0.6) is 0 Å². The van der Waals surface area contributed by atoms with E-state index in [1.807, 2.05) is 24.3 Å². The summed E-state index contributed by atoms with van der Waals surface area (Å²) in [6.07, 6.45) is 2.43. The molecule has 2 aromatic rings. The number of hydrogen-bond acceptors (Lipinski definition) is 3. The molecule has 0 amide bonds. The number of fused-ring (bicyclic) bond motifs is 1. The van der Waals surface area contributed by atoms with Gasteiger partial charge >= 0.3 is 5.97 Å². The summed E-state index contributed by atoms with van der Waals surface area (Å²) in [5.74, 6) is -0.0426. The average Bonchev–Trinajstić information content (AvgIpc) is 3.08. The van der Waals surface area contributed by atoms with Gasteiger partial charge in [0.2, 0.25) is 0 Å². The highest BCUT2D eigenvalue weighted by atomic mass is 32.1. The Kier molecular flexibility index (Phi) is 3.29. The Morgan fingerprint density at radius 2 is 2.26 bits per heavy atom. The van der Waals surface area contributed by atoms with Crippen molar-refractivity contribution >= 4 is 27.4 Å². The standard InChI is InChI=1S/C15H17NO2S/c1-2-9-7-12(9)16-8-11-10-5-3-4-6-13(10)19-14(11)15(17)18/h3-6,9,12,16H,2,7-8H2,1H3,(H,17,18). The number of thiophene rings is 1. The summed E-state index contributed by atoms with van der Waals surface area (Å²) in [6, 6.07) is 8.50. The van der Waals surface area contributed by atoms with E-state index in [9.17, 15) is 9.90 Å². The highest BCUT2D eigenvalue weighted by Crippen LogP contribution is 2.35. The van der Waals surface area contributed by atoms with Crippen LogP contribution in [0.4, 0.5) is 0 Å². The van der Waals surface area contributed by atoms with Crippen molar-refractivity contribution in [3.8, 4) is 0 Å². The third-order valence-corrected chi connectivity index (χ3v) is 5.08. The maximum atomic E-state index is 11.4. The molecule has 2 N–H and O–H groups in total. The van der Waals surface area contributed by atoms with Crippen molar-refractivity contribution in [3.05, 3.63) is 34.7 Å². The summed E-state index contributed by atoms with van der Waals surface area (Å²) in [6.45, 7) is 2.86. The number of carboxylic acid groups (broad SMARTS) is 1. The number of carbonyl (C=O) groups is 1. The molecule has 1 aromatic carbocycles. The number of benzene rings is 1. The minimum Gasteiger partial charge on any atom is -0.477 e. The monoisotopic (exact) mass is 275 g/mol. The second-order valence-corrected chi connectivity index (χ2v) is 6.15. The van der Waals surface area contributed by atoms with Gasteiger partial charge in [-0.2, -0.15) is 0 Å². The number of carboxylic acids is 1. The smallest absolute Gasteiger partial charge is 0.346 e. The maximum Gasteiger partial charge on any atom is 0.346 e. The predicted molar refractivity (Wildman–Crippen MR) is 77.8 cm³/mol. The first-order chi connectivity index (χ1) is 9.20. The summed E-state index contributed by atoms with van der Waals surface area (Å²) >= 11 is 1.37. The molecule has 1 heterocycles. The van der Waals surface area contributed by atoms with Gasteiger partial charge < -0.3 is 10.4 Å². The van der Waals surface area contributed by atoms with Crippen LogP contribution in [0.1, 0.15) is 35.0 Å². The topological polar surface area (TPSA) is 49.3 Å². The highest BCUT2D eigenvalue weighted by Gasteiger charge is 2.34. The normalized spacial score (nSPS) is 21.7. The number of aromatic carboxylic acids is 1. The minimum atomic E-state index is -0.819. The Bertz CT molecular complexity index is 620. The Hall–Kier alpha value is -1.39. The van der Waals surface area contributed by atoms with Crippen molar-refractivity contribution < 1.29 is 9.90 Å². The lowest BCUT2D eigenvalue weighted by Gasteiger charge is -2.04. The molecule has 19 heavy (non-hydrogen) atoms. The van der Waals surface area contributed by atoms with Gasteiger partial charge in [-0.15, -0.1) is 11.3 Å². The Morgan fingerprint density at radius 3 is 2.95 bits per heavy atom. The number of rotatable bonds is 5. The summed E-state index contributed by atoms with van der Waals surface area (Å²) in [5, 5.41) is 13.9. The van der Waals surface area contributed by atoms with Gasteiger partial charge in [-0.05, 0) is 29.4 Å². The molecule has 1 saturated carbocycles. The predicted octanol–water partition coefficient (Wildman–Crippen LogP) is 3.49. The maximum absolute atomic E-state index is 11.4. The fourth-order valence-electron chi connectivity index (χ4n) is 2.63. The zero-order valence-corrected chi connectivity index (χ0v) is 11.7. The van der Waals surface area contributed by atoms with Crippen LogP contribution < -0.4 is 5.32 Å². The van der Waals surface area contributed by atoms with Crippen LogP contribution in [0.2, 0.25) is 0 Å². The number of nitrogens with one attached hydrogen (secondary N) is 1. The quantitative estimate of drug-likeness (QED) is 0.878. The molecule has 2 unspecified atom stereocenters. The molecular formula is C15H17NO2S. The van der Waals surface area contributed by atoms with Crippen LogP contribution in [-0.4, -0.2) is 17.1 Å². The molecule has 2 atom stereocenters. The zero-order chi connectivity index (χ0) is 13.4. The van der Waals surface area contributed by atoms with Crippen LogP contribution in [0.3, 0.4) is 0 Å². The molecule has 1 aliphatic carbocycles. The molecule has 0 radical (unpaired) electrons. The second kappa shape index (κ2) is 4.94. The lowest BCUT2D eigenvalue weighted by atomic mass is 10.1. The molecule has 3 rings (SSSR count). The second-order valence-electron chi connectivity index (χ2n) is 5.10. The van der Waals surface area contributed by atoms with Crippen LogP contribution in [-0.2, 0) is 6.54 Å². The van der Waals surface area contributed by atoms with Crippen molar-refractivity contribution in [2.75, 3.05) is 0 Å². The van der Waals surface area contributed by atoms with Crippen LogP contribution in [0, 0.1) is 5.92 Å². The van der Waals surface area contributed by atoms with E-state index in [1.54, 1.807) is 0 Å². The van der Waals surface area contributed by atoms with E-state index < -0.39 is 5.97 Å². The largest absolute Gasteiger partial charge is 0.477 e. The lowest BCUT2D eigenvalue weighted by molar-refractivity contribution is 0.0701. The molecule has 0 aliphatic heterocycles. The van der Waals surface area contributed by atoms with E-state index in [1.165, 1.54) is 24.2 Å². The Labute approximate surface area is 116 Å². The third kappa shape index (κ3) is 2.38. The highest BCUT2D eigenvalue weighted by molar-refractivity contribution is 7.21. The van der Waals surface area contributed by atoms with Gasteiger partial charge in [-0.3, -0.25) is 0 Å². The van der Waals surface area contributed by atoms with E-state index in [2.05, 4.69) is 12.2 Å². The number of hydrogen-bond donors (Lipinski definition) is 2. The summed E-state index contributed by atoms with van der Waals surface area (Å²) in [5.41, 5.74) is 0.940. The van der Waals surface area contributed by atoms with Crippen molar-refractivity contribution in [2.45, 2.75) is 32.4 Å². The molecule has 1 aliphatic rings. The molecule has 1 aromatic heterocycles. The first kappa shape index (κ1) is 12.6. The average molecular weight is 275 g/mol. The molecule has 3 nitrogen and oxygen atoms in total. The van der Waals surface area contributed by atoms with Gasteiger partial charge in [-0.25, -0.2) is 4.79 Å². The molecule has 4 heteroatoms. The molecule has 100 valence electrons. The van der Waals surface area contributed by atoms with Crippen molar-refractivity contribution in [2.24, 2.45) is 5.92 Å². The zero-order valence-electron chi connectivity index (χ0n) is 10.8. The van der Waals surface area contributed by atoms with Crippen LogP contribution in [0.15, 0.2) is 24.3 Å². The van der Waals surface area contributed by atoms with Crippen molar-refractivity contribution in [1.82, 2.24) is 5.32 Å². The molecule has 0 spiro atoms. The van der Waals surface area contributed by atoms with Gasteiger partial charge in [0.05, 0.1) is 0 Å². The van der Waals surface area contributed by atoms with Crippen LogP contribution >= 0.6 is 11.3 Å².